The predicted octanol–water partition coefficient (Wildman–Crippen LogP) is 4.47. The van der Waals surface area contributed by atoms with Gasteiger partial charge in [0.05, 0.1) is 11.6 Å². The number of aliphatic hydroxyl groups excluding tert-OH is 1. The smallest absolute Gasteiger partial charge is 0.295 e. The Morgan fingerprint density at radius 1 is 1.00 bits per heavy atom. The highest BCUT2D eigenvalue weighted by Gasteiger charge is 2.46. The van der Waals surface area contributed by atoms with Crippen molar-refractivity contribution in [3.05, 3.63) is 106 Å². The minimum absolute atomic E-state index is 0.0805. The van der Waals surface area contributed by atoms with Crippen LogP contribution in [0.5, 0.6) is 0 Å². The van der Waals surface area contributed by atoms with Crippen LogP contribution in [-0.2, 0) is 16.1 Å². The molecule has 0 aliphatic carbocycles. The average molecular weight is 449 g/mol. The number of carbonyl (C=O) groups is 2. The Hall–Kier alpha value is -3.25. The van der Waals surface area contributed by atoms with Crippen molar-refractivity contribution in [2.75, 3.05) is 0 Å². The van der Waals surface area contributed by atoms with Gasteiger partial charge in [0, 0.05) is 29.0 Å². The average Bonchev–Trinajstić information content (AvgIpc) is 3.00. The molecule has 1 aliphatic rings. The molecular formula is C23H17BrN2O3. The van der Waals surface area contributed by atoms with E-state index in [-0.39, 0.29) is 17.9 Å². The quantitative estimate of drug-likeness (QED) is 0.363. The predicted molar refractivity (Wildman–Crippen MR) is 113 cm³/mol. The molecule has 0 bridgehead atoms. The number of amides is 1. The second kappa shape index (κ2) is 8.01. The Morgan fingerprint density at radius 2 is 1.72 bits per heavy atom. The molecule has 1 atom stereocenters. The standard InChI is InChI=1S/C23H17BrN2O3/c24-18-11-5-4-10-17(18)20-19(21(27)16-8-2-1-3-9-16)22(28)23(29)26(20)14-15-7-6-12-25-13-15/h1-13,20,27H,14H2/b21-19-. The monoisotopic (exact) mass is 448 g/mol. The molecule has 1 unspecified atom stereocenters. The van der Waals surface area contributed by atoms with Crippen molar-refractivity contribution >= 4 is 33.4 Å². The molecule has 1 N–H and O–H groups in total. The summed E-state index contributed by atoms with van der Waals surface area (Å²) in [7, 11) is 0. The van der Waals surface area contributed by atoms with E-state index in [1.807, 2.05) is 36.4 Å². The number of aromatic nitrogens is 1. The number of hydrogen-bond acceptors (Lipinski definition) is 4. The highest BCUT2D eigenvalue weighted by molar-refractivity contribution is 9.10. The summed E-state index contributed by atoms with van der Waals surface area (Å²) < 4.78 is 0.752. The molecule has 1 amide bonds. The SMILES string of the molecule is O=C1C(=O)N(Cc2cccnc2)C(c2ccccc2Br)/C1=C(/O)c1ccccc1. The van der Waals surface area contributed by atoms with Gasteiger partial charge >= 0.3 is 0 Å². The minimum Gasteiger partial charge on any atom is -0.507 e. The van der Waals surface area contributed by atoms with Crippen LogP contribution in [0.25, 0.3) is 5.76 Å². The van der Waals surface area contributed by atoms with Crippen LogP contribution in [0.15, 0.2) is 89.2 Å². The van der Waals surface area contributed by atoms with E-state index in [1.165, 1.54) is 4.90 Å². The molecule has 2 aromatic carbocycles. The third kappa shape index (κ3) is 3.59. The van der Waals surface area contributed by atoms with Gasteiger partial charge in [-0.15, -0.1) is 0 Å². The molecule has 1 aromatic heterocycles. The number of halogens is 1. The molecular weight excluding hydrogens is 432 g/mol. The van der Waals surface area contributed by atoms with E-state index >= 15 is 0 Å². The van der Waals surface area contributed by atoms with Gasteiger partial charge in [0.25, 0.3) is 11.7 Å². The summed E-state index contributed by atoms with van der Waals surface area (Å²) in [5, 5.41) is 11.0. The van der Waals surface area contributed by atoms with Crippen LogP contribution in [0.4, 0.5) is 0 Å². The van der Waals surface area contributed by atoms with Crippen molar-refractivity contribution in [3.8, 4) is 0 Å². The zero-order valence-corrected chi connectivity index (χ0v) is 16.9. The molecule has 1 fully saturated rings. The van der Waals surface area contributed by atoms with E-state index in [0.717, 1.165) is 15.6 Å². The van der Waals surface area contributed by atoms with E-state index in [9.17, 15) is 14.7 Å². The Kier molecular flexibility index (Phi) is 5.27. The number of benzene rings is 2. The maximum Gasteiger partial charge on any atom is 0.295 e. The zero-order chi connectivity index (χ0) is 20.4. The molecule has 0 radical (unpaired) electrons. The lowest BCUT2D eigenvalue weighted by atomic mass is 9.95. The molecule has 4 rings (SSSR count). The molecule has 1 saturated heterocycles. The molecule has 0 spiro atoms. The fourth-order valence-corrected chi connectivity index (χ4v) is 4.00. The van der Waals surface area contributed by atoms with E-state index < -0.39 is 17.7 Å². The van der Waals surface area contributed by atoms with E-state index in [4.69, 9.17) is 0 Å². The van der Waals surface area contributed by atoms with Crippen LogP contribution < -0.4 is 0 Å². The third-order valence-corrected chi connectivity index (χ3v) is 5.58. The first-order valence-corrected chi connectivity index (χ1v) is 9.84. The van der Waals surface area contributed by atoms with Gasteiger partial charge in [0.2, 0.25) is 0 Å². The van der Waals surface area contributed by atoms with Crippen molar-refractivity contribution in [1.29, 1.82) is 0 Å². The summed E-state index contributed by atoms with van der Waals surface area (Å²) >= 11 is 3.53. The molecule has 3 aromatic rings. The van der Waals surface area contributed by atoms with Gasteiger partial charge in [-0.25, -0.2) is 0 Å². The van der Waals surface area contributed by atoms with Crippen molar-refractivity contribution in [3.63, 3.8) is 0 Å². The number of rotatable bonds is 4. The lowest BCUT2D eigenvalue weighted by Crippen LogP contribution is -2.29. The molecule has 6 heteroatoms. The first kappa shape index (κ1) is 19.1. The summed E-state index contributed by atoms with van der Waals surface area (Å²) in [5.74, 6) is -1.53. The first-order valence-electron chi connectivity index (χ1n) is 9.05. The number of nitrogens with zero attached hydrogens (tertiary/aromatic N) is 2. The largest absolute Gasteiger partial charge is 0.507 e. The summed E-state index contributed by atoms with van der Waals surface area (Å²) in [6.07, 6.45) is 3.31. The molecule has 144 valence electrons. The number of ketones is 1. The molecule has 0 saturated carbocycles. The Morgan fingerprint density at radius 3 is 2.41 bits per heavy atom. The third-order valence-electron chi connectivity index (χ3n) is 4.86. The topological polar surface area (TPSA) is 70.5 Å². The fraction of sp³-hybridized carbons (Fsp3) is 0.0870. The highest BCUT2D eigenvalue weighted by atomic mass is 79.9. The van der Waals surface area contributed by atoms with Gasteiger partial charge in [-0.05, 0) is 23.3 Å². The number of hydrogen-bond donors (Lipinski definition) is 1. The molecule has 29 heavy (non-hydrogen) atoms. The Bertz CT molecular complexity index is 1100. The van der Waals surface area contributed by atoms with E-state index in [1.54, 1.807) is 42.7 Å². The van der Waals surface area contributed by atoms with Gasteiger partial charge < -0.3 is 10.0 Å². The normalized spacial score (nSPS) is 18.2. The zero-order valence-electron chi connectivity index (χ0n) is 15.3. The molecule has 5 nitrogen and oxygen atoms in total. The molecule has 2 heterocycles. The van der Waals surface area contributed by atoms with E-state index in [2.05, 4.69) is 20.9 Å². The maximum absolute atomic E-state index is 13.0. The van der Waals surface area contributed by atoms with Gasteiger partial charge in [-0.1, -0.05) is 70.5 Å². The van der Waals surface area contributed by atoms with Crippen molar-refractivity contribution in [2.45, 2.75) is 12.6 Å². The summed E-state index contributed by atoms with van der Waals surface area (Å²) in [4.78, 5) is 31.5. The van der Waals surface area contributed by atoms with Gasteiger partial charge in [0.15, 0.2) is 0 Å². The number of pyridine rings is 1. The summed E-state index contributed by atoms with van der Waals surface area (Å²) in [6, 6.07) is 19.1. The van der Waals surface area contributed by atoms with Gasteiger partial charge in [-0.3, -0.25) is 14.6 Å². The number of likely N-dealkylation sites (tertiary alicyclic amines) is 1. The maximum atomic E-state index is 13.0. The van der Waals surface area contributed by atoms with Crippen LogP contribution in [0.1, 0.15) is 22.7 Å². The summed E-state index contributed by atoms with van der Waals surface area (Å²) in [6.45, 7) is 0.204. The van der Waals surface area contributed by atoms with Crippen molar-refractivity contribution < 1.29 is 14.7 Å². The Labute approximate surface area is 176 Å². The van der Waals surface area contributed by atoms with Crippen LogP contribution in [0.2, 0.25) is 0 Å². The van der Waals surface area contributed by atoms with Crippen LogP contribution in [0.3, 0.4) is 0 Å². The number of carbonyl (C=O) groups excluding carboxylic acids is 2. The summed E-state index contributed by atoms with van der Waals surface area (Å²) in [5.41, 5.74) is 2.10. The second-order valence-corrected chi connectivity index (χ2v) is 7.53. The van der Waals surface area contributed by atoms with Crippen molar-refractivity contribution in [2.24, 2.45) is 0 Å². The lowest BCUT2D eigenvalue weighted by molar-refractivity contribution is -0.140. The number of Topliss-reactive ketones (excluding diaryl/α,β-unsaturated/α-hetero) is 1. The minimum atomic E-state index is -0.717. The van der Waals surface area contributed by atoms with Gasteiger partial charge in [-0.2, -0.15) is 0 Å². The van der Waals surface area contributed by atoms with E-state index in [0.29, 0.717) is 5.56 Å². The molecule has 1 aliphatic heterocycles. The fourth-order valence-electron chi connectivity index (χ4n) is 3.50. The van der Waals surface area contributed by atoms with Gasteiger partial charge in [0.1, 0.15) is 5.76 Å². The highest BCUT2D eigenvalue weighted by Crippen LogP contribution is 2.42. The van der Waals surface area contributed by atoms with Crippen LogP contribution >= 0.6 is 15.9 Å². The lowest BCUT2D eigenvalue weighted by Gasteiger charge is -2.26. The Balaban J connectivity index is 1.89. The number of aliphatic hydroxyl groups is 1. The second-order valence-electron chi connectivity index (χ2n) is 6.68. The first-order chi connectivity index (χ1) is 14.1. The van der Waals surface area contributed by atoms with Crippen molar-refractivity contribution in [1.82, 2.24) is 9.88 Å². The van der Waals surface area contributed by atoms with Crippen LogP contribution in [0, 0.1) is 0 Å². The van der Waals surface area contributed by atoms with Crippen LogP contribution in [-0.4, -0.2) is 26.7 Å².